The lowest BCUT2D eigenvalue weighted by Gasteiger charge is -2.33. The van der Waals surface area contributed by atoms with Gasteiger partial charge in [-0.2, -0.15) is 4.98 Å². The smallest absolute Gasteiger partial charge is 0.360 e. The van der Waals surface area contributed by atoms with Crippen molar-refractivity contribution < 1.29 is 14.1 Å². The van der Waals surface area contributed by atoms with Crippen molar-refractivity contribution in [3.8, 4) is 0 Å². The summed E-state index contributed by atoms with van der Waals surface area (Å²) >= 11 is 0. The van der Waals surface area contributed by atoms with Crippen molar-refractivity contribution in [1.29, 1.82) is 0 Å². The zero-order valence-electron chi connectivity index (χ0n) is 13.9. The Labute approximate surface area is 142 Å². The third kappa shape index (κ3) is 2.69. The van der Waals surface area contributed by atoms with Crippen LogP contribution in [0.2, 0.25) is 0 Å². The summed E-state index contributed by atoms with van der Waals surface area (Å²) in [7, 11) is 1.32. The lowest BCUT2D eigenvalue weighted by molar-refractivity contribution is 0.0594. The number of esters is 1. The number of carbonyl (C=O) groups excluding carboxylic acids is 1. The standard InChI is InChI=1S/C15H17N7O3/c1-9-12-13(16-8-17-14(12)25-19-9)21-5-3-4-10(6-21)22-7-11(18-20-22)15(23)24-2/h7-8,10H,3-6H2,1-2H3/t10-/m1/s1. The number of rotatable bonds is 3. The number of methoxy groups -OCH3 is 1. The Bertz CT molecular complexity index is 919. The van der Waals surface area contributed by atoms with Gasteiger partial charge in [0.1, 0.15) is 17.5 Å². The number of anilines is 1. The summed E-state index contributed by atoms with van der Waals surface area (Å²) in [5.74, 6) is 0.318. The Kier molecular flexibility index (Phi) is 3.79. The number of hydrogen-bond donors (Lipinski definition) is 0. The van der Waals surface area contributed by atoms with Crippen LogP contribution in [0.15, 0.2) is 17.0 Å². The highest BCUT2D eigenvalue weighted by atomic mass is 16.5. The molecule has 1 atom stereocenters. The van der Waals surface area contributed by atoms with Crippen LogP contribution in [0.5, 0.6) is 0 Å². The Morgan fingerprint density at radius 3 is 3.12 bits per heavy atom. The van der Waals surface area contributed by atoms with Crippen molar-refractivity contribution in [3.05, 3.63) is 23.9 Å². The number of nitrogens with zero attached hydrogens (tertiary/aromatic N) is 7. The zero-order valence-corrected chi connectivity index (χ0v) is 13.9. The van der Waals surface area contributed by atoms with Gasteiger partial charge in [-0.15, -0.1) is 5.10 Å². The fourth-order valence-corrected chi connectivity index (χ4v) is 3.16. The summed E-state index contributed by atoms with van der Waals surface area (Å²) in [6.45, 7) is 3.44. The maximum atomic E-state index is 11.6. The van der Waals surface area contributed by atoms with E-state index in [2.05, 4.69) is 35.1 Å². The van der Waals surface area contributed by atoms with Gasteiger partial charge in [-0.3, -0.25) is 0 Å². The van der Waals surface area contributed by atoms with Gasteiger partial charge < -0.3 is 14.2 Å². The number of aromatic nitrogens is 6. The fourth-order valence-electron chi connectivity index (χ4n) is 3.16. The highest BCUT2D eigenvalue weighted by molar-refractivity contribution is 5.88. The topological polar surface area (TPSA) is 112 Å². The van der Waals surface area contributed by atoms with E-state index >= 15 is 0 Å². The summed E-state index contributed by atoms with van der Waals surface area (Å²) in [6, 6.07) is 0.0878. The van der Waals surface area contributed by atoms with E-state index in [4.69, 9.17) is 4.52 Å². The molecule has 0 saturated carbocycles. The van der Waals surface area contributed by atoms with E-state index in [-0.39, 0.29) is 11.7 Å². The van der Waals surface area contributed by atoms with Crippen LogP contribution in [0.25, 0.3) is 11.1 Å². The summed E-state index contributed by atoms with van der Waals surface area (Å²) < 4.78 is 11.6. The van der Waals surface area contributed by atoms with Crippen LogP contribution < -0.4 is 4.90 Å². The minimum absolute atomic E-state index is 0.0878. The SMILES string of the molecule is COC(=O)c1cn([C@@H]2CCCN(c3ncnc4onc(C)c34)C2)nn1. The molecule has 10 heteroatoms. The van der Waals surface area contributed by atoms with Crippen molar-refractivity contribution in [2.75, 3.05) is 25.1 Å². The molecule has 4 heterocycles. The molecule has 3 aromatic heterocycles. The molecular weight excluding hydrogens is 326 g/mol. The third-order valence-corrected chi connectivity index (χ3v) is 4.40. The third-order valence-electron chi connectivity index (χ3n) is 4.40. The Morgan fingerprint density at radius 2 is 2.28 bits per heavy atom. The number of hydrogen-bond acceptors (Lipinski definition) is 9. The maximum Gasteiger partial charge on any atom is 0.360 e. The molecule has 0 aliphatic carbocycles. The molecule has 0 aromatic carbocycles. The minimum atomic E-state index is -0.489. The van der Waals surface area contributed by atoms with Gasteiger partial charge in [-0.25, -0.2) is 14.5 Å². The van der Waals surface area contributed by atoms with E-state index in [1.165, 1.54) is 13.4 Å². The van der Waals surface area contributed by atoms with Crippen LogP contribution in [-0.4, -0.2) is 56.3 Å². The van der Waals surface area contributed by atoms with Gasteiger partial charge in [0.2, 0.25) is 0 Å². The zero-order chi connectivity index (χ0) is 17.4. The average Bonchev–Trinajstić information content (AvgIpc) is 3.29. The highest BCUT2D eigenvalue weighted by Crippen LogP contribution is 2.30. The van der Waals surface area contributed by atoms with E-state index in [1.807, 2.05) is 6.92 Å². The maximum absolute atomic E-state index is 11.6. The highest BCUT2D eigenvalue weighted by Gasteiger charge is 2.26. The van der Waals surface area contributed by atoms with E-state index in [9.17, 15) is 4.79 Å². The Hall–Kier alpha value is -3.04. The lowest BCUT2D eigenvalue weighted by atomic mass is 10.1. The average molecular weight is 343 g/mol. The molecule has 25 heavy (non-hydrogen) atoms. The first-order valence-corrected chi connectivity index (χ1v) is 7.99. The van der Waals surface area contributed by atoms with Gasteiger partial charge >= 0.3 is 5.97 Å². The molecule has 0 spiro atoms. The largest absolute Gasteiger partial charge is 0.464 e. The first-order valence-electron chi connectivity index (χ1n) is 7.99. The van der Waals surface area contributed by atoms with Crippen LogP contribution in [-0.2, 0) is 4.74 Å². The van der Waals surface area contributed by atoms with Crippen molar-refractivity contribution in [1.82, 2.24) is 30.1 Å². The van der Waals surface area contributed by atoms with Gasteiger partial charge in [0.15, 0.2) is 5.69 Å². The van der Waals surface area contributed by atoms with E-state index in [0.717, 1.165) is 36.3 Å². The first-order chi connectivity index (χ1) is 12.2. The number of aryl methyl sites for hydroxylation is 1. The molecule has 3 aromatic rings. The number of piperidine rings is 1. The van der Waals surface area contributed by atoms with Crippen molar-refractivity contribution in [2.24, 2.45) is 0 Å². The molecule has 130 valence electrons. The normalized spacial score (nSPS) is 17.8. The summed E-state index contributed by atoms with van der Waals surface area (Å²) in [5, 5.41) is 12.8. The molecule has 0 bridgehead atoms. The summed E-state index contributed by atoms with van der Waals surface area (Å²) in [6.07, 6.45) is 5.02. The second-order valence-electron chi connectivity index (χ2n) is 5.96. The molecule has 4 rings (SSSR count). The molecule has 0 amide bonds. The Morgan fingerprint density at radius 1 is 1.40 bits per heavy atom. The van der Waals surface area contributed by atoms with Crippen LogP contribution >= 0.6 is 0 Å². The number of fused-ring (bicyclic) bond motifs is 1. The monoisotopic (exact) mass is 343 g/mol. The quantitative estimate of drug-likeness (QED) is 0.646. The second kappa shape index (κ2) is 6.11. The first kappa shape index (κ1) is 15.5. The molecule has 0 unspecified atom stereocenters. The molecule has 1 aliphatic rings. The van der Waals surface area contributed by atoms with Crippen LogP contribution in [0.4, 0.5) is 5.82 Å². The molecule has 0 N–H and O–H groups in total. The van der Waals surface area contributed by atoms with Crippen molar-refractivity contribution >= 4 is 22.9 Å². The van der Waals surface area contributed by atoms with Crippen LogP contribution in [0, 0.1) is 6.92 Å². The van der Waals surface area contributed by atoms with E-state index < -0.39 is 5.97 Å². The molecule has 1 saturated heterocycles. The minimum Gasteiger partial charge on any atom is -0.464 e. The number of ether oxygens (including phenoxy) is 1. The van der Waals surface area contributed by atoms with Gasteiger partial charge in [0.05, 0.1) is 25.0 Å². The second-order valence-corrected chi connectivity index (χ2v) is 5.96. The predicted octanol–water partition coefficient (Wildman–Crippen LogP) is 1.15. The molecular formula is C15H17N7O3. The van der Waals surface area contributed by atoms with Gasteiger partial charge in [-0.1, -0.05) is 10.4 Å². The summed E-state index contributed by atoms with van der Waals surface area (Å²) in [4.78, 5) is 22.3. The molecule has 1 fully saturated rings. The van der Waals surface area contributed by atoms with E-state index in [1.54, 1.807) is 10.9 Å². The van der Waals surface area contributed by atoms with Crippen molar-refractivity contribution in [2.45, 2.75) is 25.8 Å². The van der Waals surface area contributed by atoms with Gasteiger partial charge in [-0.05, 0) is 19.8 Å². The molecule has 0 radical (unpaired) electrons. The molecule has 1 aliphatic heterocycles. The summed E-state index contributed by atoms with van der Waals surface area (Å²) in [5.41, 5.74) is 1.46. The van der Waals surface area contributed by atoms with Crippen LogP contribution in [0.1, 0.15) is 35.1 Å². The van der Waals surface area contributed by atoms with Gasteiger partial charge in [0, 0.05) is 13.1 Å². The number of carbonyl (C=O) groups is 1. The van der Waals surface area contributed by atoms with E-state index in [0.29, 0.717) is 12.3 Å². The molecule has 10 nitrogen and oxygen atoms in total. The Balaban J connectivity index is 1.61. The van der Waals surface area contributed by atoms with Crippen molar-refractivity contribution in [3.63, 3.8) is 0 Å². The fraction of sp³-hybridized carbons (Fsp3) is 0.467. The predicted molar refractivity (Wildman–Crippen MR) is 86.2 cm³/mol. The van der Waals surface area contributed by atoms with Gasteiger partial charge in [0.25, 0.3) is 5.71 Å². The van der Waals surface area contributed by atoms with Crippen LogP contribution in [0.3, 0.4) is 0 Å². The lowest BCUT2D eigenvalue weighted by Crippen LogP contribution is -2.37.